The number of allylic oxidation sites excluding steroid dienone is 1. The van der Waals surface area contributed by atoms with Crippen molar-refractivity contribution in [3.05, 3.63) is 39.5 Å². The molecule has 0 amide bonds. The first-order valence-corrected chi connectivity index (χ1v) is 6.53. The molecular weight excluding hydrogens is 192 g/mol. The van der Waals surface area contributed by atoms with Crippen LogP contribution in [-0.4, -0.2) is 0 Å². The van der Waals surface area contributed by atoms with Gasteiger partial charge in [-0.3, -0.25) is 0 Å². The van der Waals surface area contributed by atoms with Crippen molar-refractivity contribution in [3.8, 4) is 0 Å². The molecule has 0 heterocycles. The normalized spacial score (nSPS) is 17.0. The quantitative estimate of drug-likeness (QED) is 0.655. The average Bonchev–Trinajstić information content (AvgIpc) is 2.84. The fraction of sp³-hybridized carbons (Fsp3) is 0.500. The smallest absolute Gasteiger partial charge is 0.00851 e. The second-order valence-electron chi connectivity index (χ2n) is 5.50. The predicted octanol–water partition coefficient (Wildman–Crippen LogP) is 4.18. The van der Waals surface area contributed by atoms with E-state index in [4.69, 9.17) is 0 Å². The van der Waals surface area contributed by atoms with E-state index in [-0.39, 0.29) is 0 Å². The number of fused-ring (bicyclic) bond motifs is 2. The van der Waals surface area contributed by atoms with E-state index in [0.29, 0.717) is 5.92 Å². The molecule has 0 atom stereocenters. The first-order valence-electron chi connectivity index (χ1n) is 6.53. The van der Waals surface area contributed by atoms with Crippen LogP contribution in [0.1, 0.15) is 59.6 Å². The summed E-state index contributed by atoms with van der Waals surface area (Å²) in [7, 11) is 0. The molecule has 0 radical (unpaired) electrons. The Balaban J connectivity index is 2.34. The summed E-state index contributed by atoms with van der Waals surface area (Å²) in [5.74, 6) is 0.682. The van der Waals surface area contributed by atoms with Gasteiger partial charge in [0.15, 0.2) is 0 Å². The predicted molar refractivity (Wildman–Crippen MR) is 70.0 cm³/mol. The lowest BCUT2D eigenvalue weighted by Gasteiger charge is -2.20. The fourth-order valence-corrected chi connectivity index (χ4v) is 3.61. The highest BCUT2D eigenvalue weighted by Crippen LogP contribution is 2.40. The van der Waals surface area contributed by atoms with Gasteiger partial charge in [0.1, 0.15) is 0 Å². The average molecular weight is 212 g/mol. The van der Waals surface area contributed by atoms with Gasteiger partial charge in [0.25, 0.3) is 0 Å². The maximum Gasteiger partial charge on any atom is -0.00851 e. The van der Waals surface area contributed by atoms with Crippen molar-refractivity contribution >= 4 is 6.08 Å². The van der Waals surface area contributed by atoms with E-state index in [9.17, 15) is 0 Å². The van der Waals surface area contributed by atoms with E-state index in [2.05, 4.69) is 32.9 Å². The van der Waals surface area contributed by atoms with Crippen LogP contribution >= 0.6 is 0 Å². The van der Waals surface area contributed by atoms with Crippen LogP contribution in [0.5, 0.6) is 0 Å². The Morgan fingerprint density at radius 3 is 2.56 bits per heavy atom. The molecule has 1 aromatic carbocycles. The number of hydrogen-bond donors (Lipinski definition) is 0. The van der Waals surface area contributed by atoms with Crippen molar-refractivity contribution in [1.82, 2.24) is 0 Å². The molecule has 3 rings (SSSR count). The molecule has 0 nitrogen and oxygen atoms in total. The van der Waals surface area contributed by atoms with Gasteiger partial charge < -0.3 is 0 Å². The maximum absolute atomic E-state index is 2.35. The molecule has 0 bridgehead atoms. The summed E-state index contributed by atoms with van der Waals surface area (Å²) in [6.07, 6.45) is 9.83. The zero-order valence-corrected chi connectivity index (χ0v) is 10.6. The highest BCUT2D eigenvalue weighted by molar-refractivity contribution is 5.69. The van der Waals surface area contributed by atoms with Crippen molar-refractivity contribution in [2.75, 3.05) is 0 Å². The molecule has 0 saturated heterocycles. The largest absolute Gasteiger partial charge is 0.0795 e. The first-order chi connectivity index (χ1) is 7.70. The first kappa shape index (κ1) is 10.1. The minimum absolute atomic E-state index is 0.682. The molecule has 0 fully saturated rings. The summed E-state index contributed by atoms with van der Waals surface area (Å²) in [6.45, 7) is 7.02. The zero-order valence-electron chi connectivity index (χ0n) is 10.6. The molecule has 0 aliphatic heterocycles. The van der Waals surface area contributed by atoms with Crippen LogP contribution in [0.25, 0.3) is 6.08 Å². The zero-order chi connectivity index (χ0) is 11.3. The highest BCUT2D eigenvalue weighted by atomic mass is 14.3. The molecule has 1 aromatic rings. The molecular formula is C16H20. The third-order valence-corrected chi connectivity index (χ3v) is 4.23. The Morgan fingerprint density at radius 1 is 1.06 bits per heavy atom. The van der Waals surface area contributed by atoms with Gasteiger partial charge in [-0.15, -0.1) is 0 Å². The molecule has 0 N–H and O–H groups in total. The molecule has 0 heteroatoms. The van der Waals surface area contributed by atoms with E-state index >= 15 is 0 Å². The van der Waals surface area contributed by atoms with E-state index < -0.39 is 0 Å². The van der Waals surface area contributed by atoms with Crippen molar-refractivity contribution in [2.45, 2.75) is 52.4 Å². The second-order valence-corrected chi connectivity index (χ2v) is 5.50. The molecule has 0 unspecified atom stereocenters. The lowest BCUT2D eigenvalue weighted by Crippen LogP contribution is -2.05. The number of benzene rings is 1. The molecule has 16 heavy (non-hydrogen) atoms. The SMILES string of the molecule is Cc1c2c(c(C(C)C)c3c1CCC3)CC=C2. The van der Waals surface area contributed by atoms with Crippen LogP contribution in [0.2, 0.25) is 0 Å². The standard InChI is InChI=1S/C16H20/c1-10(2)16-14-8-4-6-12(14)11(3)13-7-5-9-15(13)16/h4,6,10H,5,7-9H2,1-3H3. The van der Waals surface area contributed by atoms with Crippen molar-refractivity contribution in [2.24, 2.45) is 0 Å². The molecule has 0 spiro atoms. The monoisotopic (exact) mass is 212 g/mol. The van der Waals surface area contributed by atoms with Gasteiger partial charge in [-0.1, -0.05) is 26.0 Å². The van der Waals surface area contributed by atoms with Gasteiger partial charge in [0.05, 0.1) is 0 Å². The lowest BCUT2D eigenvalue weighted by molar-refractivity contribution is 0.825. The van der Waals surface area contributed by atoms with Gasteiger partial charge >= 0.3 is 0 Å². The second kappa shape index (κ2) is 3.48. The van der Waals surface area contributed by atoms with Crippen LogP contribution in [0.3, 0.4) is 0 Å². The van der Waals surface area contributed by atoms with Gasteiger partial charge in [-0.2, -0.15) is 0 Å². The van der Waals surface area contributed by atoms with Gasteiger partial charge in [-0.05, 0) is 71.9 Å². The highest BCUT2D eigenvalue weighted by Gasteiger charge is 2.25. The Bertz CT molecular complexity index is 472. The van der Waals surface area contributed by atoms with Crippen LogP contribution in [0, 0.1) is 6.92 Å². The third kappa shape index (κ3) is 1.22. The lowest BCUT2D eigenvalue weighted by atomic mass is 9.84. The Kier molecular flexibility index (Phi) is 2.20. The Hall–Kier alpha value is -1.04. The third-order valence-electron chi connectivity index (χ3n) is 4.23. The van der Waals surface area contributed by atoms with Crippen LogP contribution < -0.4 is 0 Å². The number of rotatable bonds is 1. The van der Waals surface area contributed by atoms with Crippen LogP contribution in [-0.2, 0) is 19.3 Å². The summed E-state index contributed by atoms with van der Waals surface area (Å²) in [6, 6.07) is 0. The summed E-state index contributed by atoms with van der Waals surface area (Å²) in [5.41, 5.74) is 9.81. The summed E-state index contributed by atoms with van der Waals surface area (Å²) >= 11 is 0. The maximum atomic E-state index is 2.35. The van der Waals surface area contributed by atoms with Crippen molar-refractivity contribution in [1.29, 1.82) is 0 Å². The van der Waals surface area contributed by atoms with Gasteiger partial charge in [0, 0.05) is 0 Å². The molecule has 0 saturated carbocycles. The Labute approximate surface area is 98.4 Å². The van der Waals surface area contributed by atoms with Crippen LogP contribution in [0.15, 0.2) is 6.08 Å². The minimum atomic E-state index is 0.682. The summed E-state index contributed by atoms with van der Waals surface area (Å²) in [4.78, 5) is 0. The van der Waals surface area contributed by atoms with E-state index in [1.165, 1.54) is 19.3 Å². The van der Waals surface area contributed by atoms with Crippen molar-refractivity contribution < 1.29 is 0 Å². The minimum Gasteiger partial charge on any atom is -0.0795 e. The summed E-state index contributed by atoms with van der Waals surface area (Å²) in [5, 5.41) is 0. The molecule has 84 valence electrons. The number of hydrogen-bond acceptors (Lipinski definition) is 0. The molecule has 0 aromatic heterocycles. The van der Waals surface area contributed by atoms with E-state index in [1.54, 1.807) is 33.4 Å². The van der Waals surface area contributed by atoms with E-state index in [1.807, 2.05) is 0 Å². The topological polar surface area (TPSA) is 0 Å². The van der Waals surface area contributed by atoms with Crippen LogP contribution in [0.4, 0.5) is 0 Å². The van der Waals surface area contributed by atoms with E-state index in [0.717, 1.165) is 6.42 Å². The fourth-order valence-electron chi connectivity index (χ4n) is 3.61. The molecule has 2 aliphatic rings. The Morgan fingerprint density at radius 2 is 1.81 bits per heavy atom. The summed E-state index contributed by atoms with van der Waals surface area (Å²) < 4.78 is 0. The molecule has 2 aliphatic carbocycles. The van der Waals surface area contributed by atoms with Gasteiger partial charge in [-0.25, -0.2) is 0 Å². The van der Waals surface area contributed by atoms with Crippen molar-refractivity contribution in [3.63, 3.8) is 0 Å². The van der Waals surface area contributed by atoms with Gasteiger partial charge in [0.2, 0.25) is 0 Å².